The Labute approximate surface area is 187 Å². The highest BCUT2D eigenvalue weighted by atomic mass is 32.2. The van der Waals surface area contributed by atoms with E-state index >= 15 is 0 Å². The molecule has 0 bridgehead atoms. The quantitative estimate of drug-likeness (QED) is 0.376. The monoisotopic (exact) mass is 445 g/mol. The molecule has 0 spiro atoms. The predicted molar refractivity (Wildman–Crippen MR) is 128 cm³/mol. The fourth-order valence-corrected chi connectivity index (χ4v) is 4.08. The third-order valence-electron chi connectivity index (χ3n) is 4.81. The van der Waals surface area contributed by atoms with Crippen LogP contribution in [0.1, 0.15) is 5.56 Å². The summed E-state index contributed by atoms with van der Waals surface area (Å²) in [6.45, 7) is 2.05. The zero-order valence-corrected chi connectivity index (χ0v) is 18.5. The van der Waals surface area contributed by atoms with Gasteiger partial charge in [-0.15, -0.1) is 0 Å². The average molecular weight is 446 g/mol. The molecule has 1 heterocycles. The number of benzene rings is 3. The molecule has 0 saturated heterocycles. The number of rotatable bonds is 7. The largest absolute Gasteiger partial charge is 0.340 e. The Hall–Kier alpha value is -3.75. The Kier molecular flexibility index (Phi) is 6.16. The van der Waals surface area contributed by atoms with Gasteiger partial charge in [-0.25, -0.2) is 23.1 Å². The molecule has 1 aromatic heterocycles. The van der Waals surface area contributed by atoms with Crippen LogP contribution < -0.4 is 15.4 Å². The molecule has 8 heteroatoms. The van der Waals surface area contributed by atoms with Crippen LogP contribution in [0.2, 0.25) is 0 Å². The van der Waals surface area contributed by atoms with Crippen LogP contribution in [-0.4, -0.2) is 25.4 Å². The number of aryl methyl sites for hydroxylation is 1. The van der Waals surface area contributed by atoms with Crippen LogP contribution in [0.3, 0.4) is 0 Å². The highest BCUT2D eigenvalue weighted by Crippen LogP contribution is 2.27. The number of aromatic nitrogens is 2. The normalized spacial score (nSPS) is 11.2. The first-order valence-electron chi connectivity index (χ1n) is 10.00. The van der Waals surface area contributed by atoms with Crippen molar-refractivity contribution in [1.29, 1.82) is 0 Å². The molecule has 0 saturated carbocycles. The number of anilines is 4. The molecule has 4 rings (SSSR count). The average Bonchev–Trinajstić information content (AvgIpc) is 2.80. The summed E-state index contributed by atoms with van der Waals surface area (Å²) in [6, 6.07) is 24.7. The van der Waals surface area contributed by atoms with Crippen molar-refractivity contribution in [2.45, 2.75) is 11.8 Å². The van der Waals surface area contributed by atoms with E-state index in [-0.39, 0.29) is 4.90 Å². The Morgan fingerprint density at radius 1 is 0.719 bits per heavy atom. The molecule has 7 nitrogen and oxygen atoms in total. The summed E-state index contributed by atoms with van der Waals surface area (Å²) in [4.78, 5) is 8.73. The maximum Gasteiger partial charge on any atom is 0.240 e. The summed E-state index contributed by atoms with van der Waals surface area (Å²) >= 11 is 0. The van der Waals surface area contributed by atoms with E-state index < -0.39 is 10.0 Å². The lowest BCUT2D eigenvalue weighted by Crippen LogP contribution is -2.18. The van der Waals surface area contributed by atoms with E-state index in [1.54, 1.807) is 24.3 Å². The summed E-state index contributed by atoms with van der Waals surface area (Å²) in [5.74, 6) is 1.16. The third kappa shape index (κ3) is 5.11. The van der Waals surface area contributed by atoms with Gasteiger partial charge in [-0.2, -0.15) is 0 Å². The zero-order chi connectivity index (χ0) is 22.6. The lowest BCUT2D eigenvalue weighted by molar-refractivity contribution is 0.588. The first kappa shape index (κ1) is 21.5. The summed E-state index contributed by atoms with van der Waals surface area (Å²) in [7, 11) is -2.15. The Morgan fingerprint density at radius 3 is 2.16 bits per heavy atom. The second kappa shape index (κ2) is 9.17. The van der Waals surface area contributed by atoms with Crippen molar-refractivity contribution in [2.75, 3.05) is 17.7 Å². The van der Waals surface area contributed by atoms with Gasteiger partial charge in [0.05, 0.1) is 4.90 Å². The van der Waals surface area contributed by atoms with Crippen LogP contribution in [0.4, 0.5) is 23.0 Å². The maximum absolute atomic E-state index is 12.0. The predicted octanol–water partition coefficient (Wildman–Crippen LogP) is 4.85. The van der Waals surface area contributed by atoms with Crippen molar-refractivity contribution in [3.05, 3.63) is 90.8 Å². The Morgan fingerprint density at radius 2 is 1.44 bits per heavy atom. The van der Waals surface area contributed by atoms with Crippen LogP contribution in [0.25, 0.3) is 11.1 Å². The van der Waals surface area contributed by atoms with Gasteiger partial charge in [0, 0.05) is 17.4 Å². The lowest BCUT2D eigenvalue weighted by Gasteiger charge is -2.12. The number of nitrogens with zero attached hydrogens (tertiary/aromatic N) is 2. The Bertz CT molecular complexity index is 1340. The van der Waals surface area contributed by atoms with Gasteiger partial charge < -0.3 is 10.6 Å². The fourth-order valence-electron chi connectivity index (χ4n) is 3.30. The van der Waals surface area contributed by atoms with Gasteiger partial charge in [0.2, 0.25) is 10.0 Å². The van der Waals surface area contributed by atoms with E-state index in [1.165, 1.54) is 19.4 Å². The molecule has 0 amide bonds. The molecular weight excluding hydrogens is 422 g/mol. The summed E-state index contributed by atoms with van der Waals surface area (Å²) in [5, 5.41) is 6.46. The lowest BCUT2D eigenvalue weighted by atomic mass is 10.0. The van der Waals surface area contributed by atoms with E-state index in [0.717, 1.165) is 22.4 Å². The van der Waals surface area contributed by atoms with Crippen LogP contribution >= 0.6 is 0 Å². The van der Waals surface area contributed by atoms with Crippen molar-refractivity contribution in [2.24, 2.45) is 0 Å². The standard InChI is InChI=1S/C24H23N5O2S/c1-17-11-19(18-7-4-3-5-8-18)13-21(12-17)29-24-15-23(26-16-27-24)28-20-9-6-10-22(14-20)32(30,31)25-2/h3-16,25H,1-2H3,(H2,26,27,28,29). The number of sulfonamides is 1. The second-order valence-electron chi connectivity index (χ2n) is 7.23. The van der Waals surface area contributed by atoms with E-state index in [9.17, 15) is 8.42 Å². The molecule has 3 N–H and O–H groups in total. The van der Waals surface area contributed by atoms with Crippen molar-refractivity contribution in [3.63, 3.8) is 0 Å². The SMILES string of the molecule is CNS(=O)(=O)c1cccc(Nc2cc(Nc3cc(C)cc(-c4ccccc4)c3)ncn2)c1. The maximum atomic E-state index is 12.0. The summed E-state index contributed by atoms with van der Waals surface area (Å²) in [5.41, 5.74) is 4.90. The van der Waals surface area contributed by atoms with Gasteiger partial charge >= 0.3 is 0 Å². The second-order valence-corrected chi connectivity index (χ2v) is 9.11. The molecule has 0 aliphatic heterocycles. The highest BCUT2D eigenvalue weighted by Gasteiger charge is 2.12. The van der Waals surface area contributed by atoms with Crippen molar-refractivity contribution < 1.29 is 8.42 Å². The number of hydrogen-bond donors (Lipinski definition) is 3. The number of nitrogens with one attached hydrogen (secondary N) is 3. The van der Waals surface area contributed by atoms with E-state index in [0.29, 0.717) is 17.3 Å². The minimum atomic E-state index is -3.53. The first-order chi connectivity index (χ1) is 15.4. The smallest absolute Gasteiger partial charge is 0.240 e. The van der Waals surface area contributed by atoms with Gasteiger partial charge in [-0.3, -0.25) is 0 Å². The van der Waals surface area contributed by atoms with Gasteiger partial charge in [-0.1, -0.05) is 42.5 Å². The van der Waals surface area contributed by atoms with E-state index in [4.69, 9.17) is 0 Å². The minimum Gasteiger partial charge on any atom is -0.340 e. The van der Waals surface area contributed by atoms with Crippen LogP contribution in [-0.2, 0) is 10.0 Å². The van der Waals surface area contributed by atoms with Gasteiger partial charge in [0.15, 0.2) is 0 Å². The van der Waals surface area contributed by atoms with Crippen molar-refractivity contribution >= 4 is 33.0 Å². The summed E-state index contributed by atoms with van der Waals surface area (Å²) in [6.07, 6.45) is 1.45. The Balaban J connectivity index is 1.56. The minimum absolute atomic E-state index is 0.172. The highest BCUT2D eigenvalue weighted by molar-refractivity contribution is 7.89. The van der Waals surface area contributed by atoms with E-state index in [2.05, 4.69) is 56.5 Å². The zero-order valence-electron chi connectivity index (χ0n) is 17.7. The van der Waals surface area contributed by atoms with Gasteiger partial charge in [-0.05, 0) is 61.0 Å². The third-order valence-corrected chi connectivity index (χ3v) is 6.22. The van der Waals surface area contributed by atoms with Gasteiger partial charge in [0.1, 0.15) is 18.0 Å². The molecule has 162 valence electrons. The molecule has 0 aliphatic carbocycles. The molecule has 0 unspecified atom stereocenters. The fraction of sp³-hybridized carbons (Fsp3) is 0.0833. The molecule has 32 heavy (non-hydrogen) atoms. The molecule has 0 atom stereocenters. The van der Waals surface area contributed by atoms with Crippen LogP contribution in [0.15, 0.2) is 90.1 Å². The van der Waals surface area contributed by atoms with Crippen molar-refractivity contribution in [3.8, 4) is 11.1 Å². The summed E-state index contributed by atoms with van der Waals surface area (Å²) < 4.78 is 26.4. The van der Waals surface area contributed by atoms with E-state index in [1.807, 2.05) is 24.3 Å². The van der Waals surface area contributed by atoms with Crippen molar-refractivity contribution in [1.82, 2.24) is 14.7 Å². The van der Waals surface area contributed by atoms with Gasteiger partial charge in [0.25, 0.3) is 0 Å². The first-order valence-corrected chi connectivity index (χ1v) is 11.5. The topological polar surface area (TPSA) is 96.0 Å². The molecule has 4 aromatic rings. The molecule has 3 aromatic carbocycles. The molecule has 0 aliphatic rings. The molecule has 0 fully saturated rings. The number of hydrogen-bond acceptors (Lipinski definition) is 6. The van der Waals surface area contributed by atoms with Crippen LogP contribution in [0.5, 0.6) is 0 Å². The molecule has 0 radical (unpaired) electrons. The van der Waals surface area contributed by atoms with Crippen LogP contribution in [0, 0.1) is 6.92 Å². The molecular formula is C24H23N5O2S.